The van der Waals surface area contributed by atoms with Crippen LogP contribution in [0.15, 0.2) is 71.1 Å². The number of aromatic nitrogens is 4. The molecule has 30 heavy (non-hydrogen) atoms. The monoisotopic (exact) mass is 415 g/mol. The number of nitrogens with zero attached hydrogens (tertiary/aromatic N) is 3. The molecule has 3 aromatic heterocycles. The highest BCUT2D eigenvalue weighted by Crippen LogP contribution is 2.27. The summed E-state index contributed by atoms with van der Waals surface area (Å²) in [6.45, 7) is 0.260. The van der Waals surface area contributed by atoms with E-state index in [1.54, 1.807) is 6.07 Å². The third kappa shape index (κ3) is 3.37. The number of aromatic amines is 1. The van der Waals surface area contributed by atoms with Gasteiger partial charge in [-0.1, -0.05) is 24.3 Å². The average Bonchev–Trinajstić information content (AvgIpc) is 3.41. The Morgan fingerprint density at radius 3 is 2.83 bits per heavy atom. The third-order valence-electron chi connectivity index (χ3n) is 4.88. The Labute approximate surface area is 175 Å². The largest absolute Gasteiger partial charge is 0.338 e. The van der Waals surface area contributed by atoms with E-state index in [9.17, 15) is 9.59 Å². The number of imidazole rings is 1. The smallest absolute Gasteiger partial charge is 0.262 e. The van der Waals surface area contributed by atoms with Crippen LogP contribution in [0.3, 0.4) is 0 Å². The van der Waals surface area contributed by atoms with E-state index in [2.05, 4.69) is 20.3 Å². The molecular formula is C22H17N5O2S. The molecule has 0 spiro atoms. The highest BCUT2D eigenvalue weighted by Gasteiger charge is 2.13. The molecule has 5 rings (SSSR count). The van der Waals surface area contributed by atoms with Gasteiger partial charge in [-0.2, -0.15) is 0 Å². The summed E-state index contributed by atoms with van der Waals surface area (Å²) in [6.07, 6.45) is 1.66. The van der Waals surface area contributed by atoms with Crippen molar-refractivity contribution in [3.8, 4) is 11.4 Å². The zero-order chi connectivity index (χ0) is 20.5. The van der Waals surface area contributed by atoms with Gasteiger partial charge < -0.3 is 10.3 Å². The van der Waals surface area contributed by atoms with Crippen LogP contribution in [0.5, 0.6) is 0 Å². The predicted molar refractivity (Wildman–Crippen MR) is 119 cm³/mol. The molecule has 0 saturated carbocycles. The second-order valence-corrected chi connectivity index (χ2v) is 7.72. The molecule has 2 aromatic carbocycles. The van der Waals surface area contributed by atoms with Gasteiger partial charge in [-0.25, -0.2) is 9.97 Å². The molecule has 3 heterocycles. The molecule has 148 valence electrons. The number of nitrogens with one attached hydrogen (secondary N) is 2. The minimum atomic E-state index is -0.184. The molecule has 0 aliphatic rings. The Morgan fingerprint density at radius 2 is 1.93 bits per heavy atom. The molecule has 0 atom stereocenters. The van der Waals surface area contributed by atoms with Gasteiger partial charge in [0.25, 0.3) is 5.56 Å². The number of para-hydroxylation sites is 3. The van der Waals surface area contributed by atoms with Crippen molar-refractivity contribution >= 4 is 44.2 Å². The Morgan fingerprint density at radius 1 is 1.10 bits per heavy atom. The van der Waals surface area contributed by atoms with Gasteiger partial charge in [0.1, 0.15) is 10.7 Å². The van der Waals surface area contributed by atoms with Crippen molar-refractivity contribution in [1.82, 2.24) is 19.5 Å². The van der Waals surface area contributed by atoms with Crippen LogP contribution in [0.25, 0.3) is 32.6 Å². The summed E-state index contributed by atoms with van der Waals surface area (Å²) in [4.78, 5) is 38.0. The quantitative estimate of drug-likeness (QED) is 0.453. The van der Waals surface area contributed by atoms with E-state index in [4.69, 9.17) is 0 Å². The number of rotatable bonds is 5. The van der Waals surface area contributed by atoms with E-state index in [1.807, 2.05) is 53.9 Å². The summed E-state index contributed by atoms with van der Waals surface area (Å²) in [5, 5.41) is 5.36. The van der Waals surface area contributed by atoms with Crippen molar-refractivity contribution in [2.45, 2.75) is 13.0 Å². The van der Waals surface area contributed by atoms with Crippen LogP contribution in [0.4, 0.5) is 5.69 Å². The van der Waals surface area contributed by atoms with Gasteiger partial charge in [0.2, 0.25) is 5.91 Å². The summed E-state index contributed by atoms with van der Waals surface area (Å²) < 4.78 is 1.47. The fourth-order valence-corrected chi connectivity index (χ4v) is 4.09. The van der Waals surface area contributed by atoms with E-state index >= 15 is 0 Å². The fourth-order valence-electron chi connectivity index (χ4n) is 3.37. The summed E-state index contributed by atoms with van der Waals surface area (Å²) in [6, 6.07) is 17.1. The Bertz CT molecular complexity index is 1400. The van der Waals surface area contributed by atoms with Gasteiger partial charge in [-0.3, -0.25) is 14.2 Å². The SMILES string of the molecule is O=C(CCn1cnc2sccc2c1=O)Nc1ccccc1-c1nc2ccccc2[nH]1. The Hall–Kier alpha value is -3.78. The molecule has 0 aliphatic heterocycles. The first-order valence-corrected chi connectivity index (χ1v) is 10.3. The summed E-state index contributed by atoms with van der Waals surface area (Å²) in [5.41, 5.74) is 3.14. The van der Waals surface area contributed by atoms with Crippen molar-refractivity contribution in [3.63, 3.8) is 0 Å². The van der Waals surface area contributed by atoms with Crippen LogP contribution >= 0.6 is 11.3 Å². The number of hydrogen-bond acceptors (Lipinski definition) is 5. The van der Waals surface area contributed by atoms with Gasteiger partial charge >= 0.3 is 0 Å². The summed E-state index contributed by atoms with van der Waals surface area (Å²) >= 11 is 1.42. The lowest BCUT2D eigenvalue weighted by molar-refractivity contribution is -0.116. The molecule has 0 unspecified atom stereocenters. The molecule has 0 fully saturated rings. The molecule has 1 amide bonds. The second-order valence-electron chi connectivity index (χ2n) is 6.83. The van der Waals surface area contributed by atoms with Crippen LogP contribution in [0.1, 0.15) is 6.42 Å². The maximum Gasteiger partial charge on any atom is 0.262 e. The molecule has 5 aromatic rings. The van der Waals surface area contributed by atoms with Crippen LogP contribution < -0.4 is 10.9 Å². The predicted octanol–water partition coefficient (Wildman–Crippen LogP) is 4.03. The van der Waals surface area contributed by atoms with Crippen molar-refractivity contribution in [2.75, 3.05) is 5.32 Å². The van der Waals surface area contributed by atoms with E-state index in [0.717, 1.165) is 16.6 Å². The van der Waals surface area contributed by atoms with Crippen LogP contribution in [-0.4, -0.2) is 25.4 Å². The summed E-state index contributed by atoms with van der Waals surface area (Å²) in [5.74, 6) is 0.506. The number of amides is 1. The molecular weight excluding hydrogens is 398 g/mol. The van der Waals surface area contributed by atoms with Gasteiger partial charge in [-0.15, -0.1) is 11.3 Å². The lowest BCUT2D eigenvalue weighted by Gasteiger charge is -2.10. The zero-order valence-corrected chi connectivity index (χ0v) is 16.6. The maximum atomic E-state index is 12.6. The van der Waals surface area contributed by atoms with E-state index in [-0.39, 0.29) is 24.4 Å². The van der Waals surface area contributed by atoms with Crippen LogP contribution in [0, 0.1) is 0 Å². The standard InChI is InChI=1S/C22H17N5O2S/c28-19(9-11-27-13-23-21-15(22(27)29)10-12-30-21)24-16-6-2-1-5-14(16)20-25-17-7-3-4-8-18(17)26-20/h1-8,10,12-13H,9,11H2,(H,24,28)(H,25,26). The first-order valence-electron chi connectivity index (χ1n) is 9.46. The summed E-state index contributed by atoms with van der Waals surface area (Å²) in [7, 11) is 0. The van der Waals surface area contributed by atoms with Crippen LogP contribution in [0.2, 0.25) is 0 Å². The van der Waals surface area contributed by atoms with Crippen molar-refractivity contribution in [3.05, 3.63) is 76.7 Å². The number of fused-ring (bicyclic) bond motifs is 2. The Kier molecular flexibility index (Phi) is 4.61. The topological polar surface area (TPSA) is 92.7 Å². The molecule has 7 nitrogen and oxygen atoms in total. The first-order chi connectivity index (χ1) is 14.7. The van der Waals surface area contributed by atoms with E-state index < -0.39 is 0 Å². The molecule has 0 saturated heterocycles. The number of aryl methyl sites for hydroxylation is 1. The van der Waals surface area contributed by atoms with Crippen molar-refractivity contribution in [2.24, 2.45) is 0 Å². The van der Waals surface area contributed by atoms with Gasteiger partial charge in [0, 0.05) is 18.5 Å². The number of benzene rings is 2. The molecule has 8 heteroatoms. The lowest BCUT2D eigenvalue weighted by atomic mass is 10.1. The van der Waals surface area contributed by atoms with E-state index in [0.29, 0.717) is 21.7 Å². The minimum absolute atomic E-state index is 0.128. The number of anilines is 1. The molecule has 0 radical (unpaired) electrons. The highest BCUT2D eigenvalue weighted by molar-refractivity contribution is 7.16. The van der Waals surface area contributed by atoms with E-state index in [1.165, 1.54) is 22.2 Å². The molecule has 0 bridgehead atoms. The fraction of sp³-hybridized carbons (Fsp3) is 0.0909. The van der Waals surface area contributed by atoms with Crippen molar-refractivity contribution < 1.29 is 4.79 Å². The lowest BCUT2D eigenvalue weighted by Crippen LogP contribution is -2.23. The third-order valence-corrected chi connectivity index (χ3v) is 5.70. The maximum absolute atomic E-state index is 12.6. The van der Waals surface area contributed by atoms with Crippen molar-refractivity contribution in [1.29, 1.82) is 0 Å². The number of H-pyrrole nitrogens is 1. The normalized spacial score (nSPS) is 11.2. The highest BCUT2D eigenvalue weighted by atomic mass is 32.1. The number of hydrogen-bond donors (Lipinski definition) is 2. The van der Waals surface area contributed by atoms with Gasteiger partial charge in [-0.05, 0) is 35.7 Å². The number of carbonyl (C=O) groups excluding carboxylic acids is 1. The zero-order valence-electron chi connectivity index (χ0n) is 15.8. The molecule has 0 aliphatic carbocycles. The number of thiophene rings is 1. The van der Waals surface area contributed by atoms with Gasteiger partial charge in [0.15, 0.2) is 0 Å². The van der Waals surface area contributed by atoms with Gasteiger partial charge in [0.05, 0.1) is 28.4 Å². The number of carbonyl (C=O) groups is 1. The minimum Gasteiger partial charge on any atom is -0.338 e. The Balaban J connectivity index is 1.35. The first kappa shape index (κ1) is 18.3. The molecule has 2 N–H and O–H groups in total. The second kappa shape index (κ2) is 7.57. The average molecular weight is 415 g/mol. The van der Waals surface area contributed by atoms with Crippen LogP contribution in [-0.2, 0) is 11.3 Å².